The molecule has 8 heteroatoms. The average molecular weight is 421 g/mol. The normalized spacial score (nSPS) is 18.8. The van der Waals surface area contributed by atoms with Crippen LogP contribution in [0.2, 0.25) is 0 Å². The van der Waals surface area contributed by atoms with Gasteiger partial charge in [-0.05, 0) is 57.6 Å². The summed E-state index contributed by atoms with van der Waals surface area (Å²) in [6.45, 7) is 8.61. The van der Waals surface area contributed by atoms with E-state index in [0.29, 0.717) is 35.9 Å². The third-order valence-corrected chi connectivity index (χ3v) is 7.09. The molecule has 158 valence electrons. The minimum atomic E-state index is -1.17. The van der Waals surface area contributed by atoms with Crippen LogP contribution in [0.4, 0.5) is 0 Å². The summed E-state index contributed by atoms with van der Waals surface area (Å²) in [6.07, 6.45) is 2.56. The highest BCUT2D eigenvalue weighted by atomic mass is 32.1. The Hall–Kier alpha value is -2.22. The second kappa shape index (κ2) is 7.89. The van der Waals surface area contributed by atoms with E-state index >= 15 is 0 Å². The highest BCUT2D eigenvalue weighted by Gasteiger charge is 2.46. The zero-order chi connectivity index (χ0) is 21.4. The summed E-state index contributed by atoms with van der Waals surface area (Å²) in [4.78, 5) is 53.1. The molecule has 1 aromatic heterocycles. The first-order valence-electron chi connectivity index (χ1n) is 9.92. The number of amides is 2. The third kappa shape index (κ3) is 4.52. The number of thiophene rings is 1. The predicted octanol–water partition coefficient (Wildman–Crippen LogP) is 2.75. The van der Waals surface area contributed by atoms with Crippen LogP contribution in [0, 0.1) is 5.41 Å². The Morgan fingerprint density at radius 1 is 0.966 bits per heavy atom. The molecule has 0 N–H and O–H groups in total. The Kier molecular flexibility index (Phi) is 5.85. The number of ketones is 1. The lowest BCUT2D eigenvalue weighted by atomic mass is 9.77. The molecule has 0 saturated carbocycles. The maximum Gasteiger partial charge on any atom is 0.303 e. The number of Topliss-reactive ketones (excluding diaryl/α,β-unsaturated/α-hetero) is 1. The first kappa shape index (κ1) is 21.5. The summed E-state index contributed by atoms with van der Waals surface area (Å²) in [6, 6.07) is 3.43. The van der Waals surface area contributed by atoms with Crippen LogP contribution in [-0.4, -0.2) is 65.1 Å². The number of rotatable bonds is 4. The number of hydrogen-bond acceptors (Lipinski definition) is 6. The lowest BCUT2D eigenvalue weighted by Gasteiger charge is -2.39. The van der Waals surface area contributed by atoms with Crippen LogP contribution < -0.4 is 0 Å². The number of piperidine rings is 1. The zero-order valence-electron chi connectivity index (χ0n) is 17.4. The molecule has 29 heavy (non-hydrogen) atoms. The SMILES string of the molecule is CC(=O)OC(C)(C)C(=O)N1CCC2(CCN(C(=O)c3ccc(C(C)=O)s3)CC2)C1. The summed E-state index contributed by atoms with van der Waals surface area (Å²) in [5.41, 5.74) is -1.15. The summed E-state index contributed by atoms with van der Waals surface area (Å²) in [5.74, 6) is -0.692. The van der Waals surface area contributed by atoms with Gasteiger partial charge in [-0.15, -0.1) is 11.3 Å². The van der Waals surface area contributed by atoms with Crippen molar-refractivity contribution in [3.05, 3.63) is 21.9 Å². The third-order valence-electron chi connectivity index (χ3n) is 5.91. The van der Waals surface area contributed by atoms with Crippen molar-refractivity contribution < 1.29 is 23.9 Å². The van der Waals surface area contributed by atoms with Crippen molar-refractivity contribution in [2.45, 2.75) is 52.6 Å². The second-order valence-corrected chi connectivity index (χ2v) is 9.68. The van der Waals surface area contributed by atoms with Crippen LogP contribution in [0.3, 0.4) is 0 Å². The molecule has 2 fully saturated rings. The van der Waals surface area contributed by atoms with Crippen molar-refractivity contribution in [1.82, 2.24) is 9.80 Å². The molecule has 3 rings (SSSR count). The molecule has 2 aliphatic rings. The largest absolute Gasteiger partial charge is 0.450 e. The van der Waals surface area contributed by atoms with E-state index in [0.717, 1.165) is 19.3 Å². The Morgan fingerprint density at radius 3 is 2.03 bits per heavy atom. The van der Waals surface area contributed by atoms with E-state index in [1.807, 2.05) is 4.90 Å². The maximum absolute atomic E-state index is 12.8. The Morgan fingerprint density at radius 2 is 1.52 bits per heavy atom. The number of likely N-dealkylation sites (tertiary alicyclic amines) is 2. The van der Waals surface area contributed by atoms with Gasteiger partial charge in [0.1, 0.15) is 0 Å². The van der Waals surface area contributed by atoms with Gasteiger partial charge < -0.3 is 14.5 Å². The number of carbonyl (C=O) groups is 4. The minimum absolute atomic E-state index is 0.0126. The standard InChI is InChI=1S/C21H28N2O5S/c1-14(24)16-5-6-17(29-16)18(26)22-10-7-21(8-11-22)9-12-23(13-21)19(27)20(3,4)28-15(2)25/h5-6H,7-13H2,1-4H3. The summed E-state index contributed by atoms with van der Waals surface area (Å²) < 4.78 is 5.20. The number of ether oxygens (including phenoxy) is 1. The van der Waals surface area contributed by atoms with Crippen LogP contribution in [-0.2, 0) is 14.3 Å². The van der Waals surface area contributed by atoms with Crippen molar-refractivity contribution in [3.63, 3.8) is 0 Å². The highest BCUT2D eigenvalue weighted by Crippen LogP contribution is 2.41. The maximum atomic E-state index is 12.8. The molecule has 7 nitrogen and oxygen atoms in total. The van der Waals surface area contributed by atoms with Gasteiger partial charge in [0.2, 0.25) is 0 Å². The Labute approximate surface area is 175 Å². The van der Waals surface area contributed by atoms with Crippen molar-refractivity contribution in [1.29, 1.82) is 0 Å². The van der Waals surface area contributed by atoms with E-state index in [1.54, 1.807) is 30.9 Å². The van der Waals surface area contributed by atoms with E-state index in [9.17, 15) is 19.2 Å². The van der Waals surface area contributed by atoms with E-state index < -0.39 is 11.6 Å². The first-order valence-corrected chi connectivity index (χ1v) is 10.7. The smallest absolute Gasteiger partial charge is 0.303 e. The molecule has 2 saturated heterocycles. The molecule has 0 bridgehead atoms. The van der Waals surface area contributed by atoms with Gasteiger partial charge in [-0.2, -0.15) is 0 Å². The molecular weight excluding hydrogens is 392 g/mol. The van der Waals surface area contributed by atoms with E-state index in [4.69, 9.17) is 4.74 Å². The lowest BCUT2D eigenvalue weighted by Crippen LogP contribution is -2.49. The van der Waals surface area contributed by atoms with Crippen molar-refractivity contribution >= 4 is 34.9 Å². The summed E-state index contributed by atoms with van der Waals surface area (Å²) >= 11 is 1.24. The summed E-state index contributed by atoms with van der Waals surface area (Å²) in [7, 11) is 0. The molecule has 3 heterocycles. The van der Waals surface area contributed by atoms with Gasteiger partial charge in [0.15, 0.2) is 11.4 Å². The van der Waals surface area contributed by atoms with Gasteiger partial charge >= 0.3 is 5.97 Å². The molecule has 0 aliphatic carbocycles. The molecule has 0 radical (unpaired) electrons. The van der Waals surface area contributed by atoms with Gasteiger partial charge in [0.05, 0.1) is 9.75 Å². The minimum Gasteiger partial charge on any atom is -0.450 e. The molecule has 0 atom stereocenters. The molecule has 1 aromatic rings. The van der Waals surface area contributed by atoms with Gasteiger partial charge in [0.25, 0.3) is 11.8 Å². The highest BCUT2D eigenvalue weighted by molar-refractivity contribution is 7.15. The topological polar surface area (TPSA) is 84.0 Å². The fourth-order valence-electron chi connectivity index (χ4n) is 4.28. The van der Waals surface area contributed by atoms with E-state index in [1.165, 1.54) is 25.2 Å². The van der Waals surface area contributed by atoms with Crippen LogP contribution in [0.25, 0.3) is 0 Å². The van der Waals surface area contributed by atoms with Gasteiger partial charge in [0, 0.05) is 33.1 Å². The van der Waals surface area contributed by atoms with Crippen LogP contribution in [0.5, 0.6) is 0 Å². The first-order chi connectivity index (χ1) is 13.5. The molecule has 0 aromatic carbocycles. The lowest BCUT2D eigenvalue weighted by molar-refractivity contribution is -0.168. The van der Waals surface area contributed by atoms with Gasteiger partial charge in [-0.25, -0.2) is 0 Å². The average Bonchev–Trinajstić information content (AvgIpc) is 3.28. The van der Waals surface area contributed by atoms with Crippen molar-refractivity contribution in [3.8, 4) is 0 Å². The molecule has 0 unspecified atom stereocenters. The molecule has 2 aliphatic heterocycles. The number of esters is 1. The number of hydrogen-bond donors (Lipinski definition) is 0. The monoisotopic (exact) mass is 420 g/mol. The zero-order valence-corrected chi connectivity index (χ0v) is 18.3. The second-order valence-electron chi connectivity index (χ2n) is 8.59. The van der Waals surface area contributed by atoms with Crippen LogP contribution in [0.1, 0.15) is 66.3 Å². The van der Waals surface area contributed by atoms with Crippen molar-refractivity contribution in [2.24, 2.45) is 5.41 Å². The number of nitrogens with zero attached hydrogens (tertiary/aromatic N) is 2. The quantitative estimate of drug-likeness (QED) is 0.552. The summed E-state index contributed by atoms with van der Waals surface area (Å²) in [5, 5.41) is 0. The predicted molar refractivity (Wildman–Crippen MR) is 109 cm³/mol. The molecule has 1 spiro atoms. The fraction of sp³-hybridized carbons (Fsp3) is 0.619. The van der Waals surface area contributed by atoms with E-state index in [-0.39, 0.29) is 23.0 Å². The van der Waals surface area contributed by atoms with E-state index in [2.05, 4.69) is 0 Å². The van der Waals surface area contributed by atoms with Crippen LogP contribution in [0.15, 0.2) is 12.1 Å². The number of carbonyl (C=O) groups excluding carboxylic acids is 4. The van der Waals surface area contributed by atoms with Gasteiger partial charge in [-0.1, -0.05) is 0 Å². The van der Waals surface area contributed by atoms with Crippen molar-refractivity contribution in [2.75, 3.05) is 26.2 Å². The van der Waals surface area contributed by atoms with Gasteiger partial charge in [-0.3, -0.25) is 19.2 Å². The molecule has 2 amide bonds. The fourth-order valence-corrected chi connectivity index (χ4v) is 5.15. The molecular formula is C21H28N2O5S. The van der Waals surface area contributed by atoms with Crippen LogP contribution >= 0.6 is 11.3 Å². The Bertz CT molecular complexity index is 836. The Balaban J connectivity index is 1.59.